The number of ketones is 1. The molecule has 1 aromatic rings. The zero-order valence-electron chi connectivity index (χ0n) is 8.78. The maximum Gasteiger partial charge on any atom is 0.163 e. The number of carbonyl (C=O) groups is 1. The molecule has 0 bridgehead atoms. The molecule has 0 heterocycles. The monoisotopic (exact) mass is 210 g/mol. The van der Waals surface area contributed by atoms with Gasteiger partial charge in [0, 0.05) is 12.2 Å². The van der Waals surface area contributed by atoms with Gasteiger partial charge >= 0.3 is 0 Å². The quantitative estimate of drug-likeness (QED) is 0.731. The minimum atomic E-state index is -0.221. The molecule has 0 aromatic heterocycles. The number of benzene rings is 1. The molecule has 0 unspecified atom stereocenters. The van der Waals surface area contributed by atoms with E-state index in [0.29, 0.717) is 17.7 Å². The molecule has 0 saturated carbocycles. The summed E-state index contributed by atoms with van der Waals surface area (Å²) >= 11 is 0. The van der Waals surface area contributed by atoms with E-state index in [4.69, 9.17) is 9.84 Å². The van der Waals surface area contributed by atoms with Crippen LogP contribution in [0.5, 0.6) is 11.5 Å². The second-order valence-electron chi connectivity index (χ2n) is 3.21. The van der Waals surface area contributed by atoms with Gasteiger partial charge in [-0.25, -0.2) is 0 Å². The molecular weight excluding hydrogens is 196 g/mol. The van der Waals surface area contributed by atoms with Crippen molar-refractivity contribution in [3.63, 3.8) is 0 Å². The number of aliphatic hydroxyl groups excluding tert-OH is 1. The Balaban J connectivity index is 3.22. The first-order valence-corrected chi connectivity index (χ1v) is 4.61. The number of carbonyl (C=O) groups excluding carboxylic acids is 1. The molecule has 1 aromatic carbocycles. The van der Waals surface area contributed by atoms with Gasteiger partial charge in [-0.3, -0.25) is 4.79 Å². The third-order valence-electron chi connectivity index (χ3n) is 2.16. The highest BCUT2D eigenvalue weighted by Gasteiger charge is 2.12. The van der Waals surface area contributed by atoms with Crippen LogP contribution in [0.2, 0.25) is 0 Å². The fourth-order valence-corrected chi connectivity index (χ4v) is 1.40. The molecule has 15 heavy (non-hydrogen) atoms. The molecule has 82 valence electrons. The first-order valence-electron chi connectivity index (χ1n) is 4.61. The Labute approximate surface area is 88.1 Å². The lowest BCUT2D eigenvalue weighted by Gasteiger charge is -2.10. The van der Waals surface area contributed by atoms with E-state index >= 15 is 0 Å². The highest BCUT2D eigenvalue weighted by molar-refractivity contribution is 5.97. The van der Waals surface area contributed by atoms with E-state index in [1.54, 1.807) is 0 Å². The van der Waals surface area contributed by atoms with E-state index in [1.165, 1.54) is 26.2 Å². The fraction of sp³-hybridized carbons (Fsp3) is 0.364. The molecule has 0 spiro atoms. The molecule has 0 fully saturated rings. The van der Waals surface area contributed by atoms with Crippen molar-refractivity contribution in [1.82, 2.24) is 0 Å². The van der Waals surface area contributed by atoms with E-state index in [-0.39, 0.29) is 23.7 Å². The summed E-state index contributed by atoms with van der Waals surface area (Å²) < 4.78 is 5.07. The van der Waals surface area contributed by atoms with Crippen LogP contribution in [0.25, 0.3) is 0 Å². The normalized spacial score (nSPS) is 10.1. The number of hydrogen-bond donors (Lipinski definition) is 2. The summed E-state index contributed by atoms with van der Waals surface area (Å²) in [6, 6.07) is 2.94. The van der Waals surface area contributed by atoms with Gasteiger partial charge in [-0.15, -0.1) is 0 Å². The van der Waals surface area contributed by atoms with Crippen molar-refractivity contribution in [3.05, 3.63) is 23.3 Å². The first kappa shape index (κ1) is 11.5. The highest BCUT2D eigenvalue weighted by Crippen LogP contribution is 2.28. The van der Waals surface area contributed by atoms with Gasteiger partial charge in [-0.1, -0.05) is 0 Å². The SMILES string of the molecule is COc1cc(C(C)=O)c(O)cc1CCO. The van der Waals surface area contributed by atoms with Crippen LogP contribution in [0.3, 0.4) is 0 Å². The number of ether oxygens (including phenoxy) is 1. The van der Waals surface area contributed by atoms with E-state index in [0.717, 1.165) is 0 Å². The summed E-state index contributed by atoms with van der Waals surface area (Å²) in [6.45, 7) is 1.34. The van der Waals surface area contributed by atoms with Gasteiger partial charge in [0.15, 0.2) is 5.78 Å². The lowest BCUT2D eigenvalue weighted by atomic mass is 10.0. The van der Waals surface area contributed by atoms with Gasteiger partial charge in [0.05, 0.1) is 12.7 Å². The zero-order chi connectivity index (χ0) is 11.4. The number of phenols is 1. The largest absolute Gasteiger partial charge is 0.507 e. The van der Waals surface area contributed by atoms with Gasteiger partial charge in [-0.2, -0.15) is 0 Å². The van der Waals surface area contributed by atoms with Gasteiger partial charge < -0.3 is 14.9 Å². The van der Waals surface area contributed by atoms with Crippen LogP contribution in [0.4, 0.5) is 0 Å². The van der Waals surface area contributed by atoms with Crippen LogP contribution in [-0.2, 0) is 6.42 Å². The average molecular weight is 210 g/mol. The predicted molar refractivity (Wildman–Crippen MR) is 55.5 cm³/mol. The molecule has 4 nitrogen and oxygen atoms in total. The van der Waals surface area contributed by atoms with Crippen molar-refractivity contribution >= 4 is 5.78 Å². The molecule has 0 aliphatic carbocycles. The van der Waals surface area contributed by atoms with Crippen LogP contribution in [0.15, 0.2) is 12.1 Å². The molecule has 0 amide bonds. The fourth-order valence-electron chi connectivity index (χ4n) is 1.40. The lowest BCUT2D eigenvalue weighted by molar-refractivity contribution is 0.101. The highest BCUT2D eigenvalue weighted by atomic mass is 16.5. The molecular formula is C11H14O4. The zero-order valence-corrected chi connectivity index (χ0v) is 8.78. The van der Waals surface area contributed by atoms with Crippen LogP contribution in [0, 0.1) is 0 Å². The van der Waals surface area contributed by atoms with Crippen LogP contribution in [0.1, 0.15) is 22.8 Å². The van der Waals surface area contributed by atoms with Crippen molar-refractivity contribution in [2.45, 2.75) is 13.3 Å². The number of aromatic hydroxyl groups is 1. The third-order valence-corrected chi connectivity index (χ3v) is 2.16. The van der Waals surface area contributed by atoms with E-state index in [9.17, 15) is 9.90 Å². The van der Waals surface area contributed by atoms with Crippen LogP contribution >= 0.6 is 0 Å². The summed E-state index contributed by atoms with van der Waals surface area (Å²) in [5, 5.41) is 18.4. The Morgan fingerprint density at radius 3 is 2.60 bits per heavy atom. The Hall–Kier alpha value is -1.55. The minimum absolute atomic E-state index is 0.0325. The maximum atomic E-state index is 11.1. The topological polar surface area (TPSA) is 66.8 Å². The van der Waals surface area contributed by atoms with Crippen LogP contribution in [-0.4, -0.2) is 29.7 Å². The predicted octanol–water partition coefficient (Wildman–Crippen LogP) is 1.14. The second-order valence-corrected chi connectivity index (χ2v) is 3.21. The van der Waals surface area contributed by atoms with E-state index in [2.05, 4.69) is 0 Å². The Morgan fingerprint density at radius 2 is 2.13 bits per heavy atom. The van der Waals surface area contributed by atoms with Gasteiger partial charge in [-0.05, 0) is 25.5 Å². The molecule has 2 N–H and O–H groups in total. The summed E-state index contributed by atoms with van der Waals surface area (Å²) in [4.78, 5) is 11.1. The Morgan fingerprint density at radius 1 is 1.47 bits per heavy atom. The molecule has 1 rings (SSSR count). The Bertz CT molecular complexity index is 371. The third kappa shape index (κ3) is 2.47. The number of Topliss-reactive ketones (excluding diaryl/α,β-unsaturated/α-hetero) is 1. The van der Waals surface area contributed by atoms with Crippen LogP contribution < -0.4 is 4.74 Å². The number of aliphatic hydroxyl groups is 1. The molecule has 0 saturated heterocycles. The molecule has 4 heteroatoms. The van der Waals surface area contributed by atoms with E-state index < -0.39 is 0 Å². The summed E-state index contributed by atoms with van der Waals surface area (Å²) in [5.74, 6) is 0.208. The second kappa shape index (κ2) is 4.79. The van der Waals surface area contributed by atoms with Gasteiger partial charge in [0.2, 0.25) is 0 Å². The molecule has 0 radical (unpaired) electrons. The summed E-state index contributed by atoms with van der Waals surface area (Å²) in [6.07, 6.45) is 0.384. The maximum absolute atomic E-state index is 11.1. The number of phenolic OH excluding ortho intramolecular Hbond substituents is 1. The number of hydrogen-bond acceptors (Lipinski definition) is 4. The molecule has 0 aliphatic rings. The number of rotatable bonds is 4. The minimum Gasteiger partial charge on any atom is -0.507 e. The lowest BCUT2D eigenvalue weighted by Crippen LogP contribution is -2.00. The average Bonchev–Trinajstić information content (AvgIpc) is 2.18. The first-order chi connectivity index (χ1) is 7.10. The standard InChI is InChI=1S/C11H14O4/c1-7(13)9-6-11(15-2)8(3-4-12)5-10(9)14/h5-6,12,14H,3-4H2,1-2H3. The van der Waals surface area contributed by atoms with Gasteiger partial charge in [0.1, 0.15) is 11.5 Å². The molecule has 0 atom stereocenters. The van der Waals surface area contributed by atoms with Crippen molar-refractivity contribution in [2.24, 2.45) is 0 Å². The van der Waals surface area contributed by atoms with Gasteiger partial charge in [0.25, 0.3) is 0 Å². The Kier molecular flexibility index (Phi) is 3.68. The van der Waals surface area contributed by atoms with E-state index in [1.807, 2.05) is 0 Å². The van der Waals surface area contributed by atoms with Crippen molar-refractivity contribution in [3.8, 4) is 11.5 Å². The van der Waals surface area contributed by atoms with Crippen molar-refractivity contribution in [2.75, 3.05) is 13.7 Å². The summed E-state index contributed by atoms with van der Waals surface area (Å²) in [5.41, 5.74) is 0.913. The molecule has 0 aliphatic heterocycles. The smallest absolute Gasteiger partial charge is 0.163 e. The number of methoxy groups -OCH3 is 1. The van der Waals surface area contributed by atoms with Crippen molar-refractivity contribution in [1.29, 1.82) is 0 Å². The summed E-state index contributed by atoms with van der Waals surface area (Å²) in [7, 11) is 1.48. The van der Waals surface area contributed by atoms with Crippen molar-refractivity contribution < 1.29 is 19.7 Å².